The lowest BCUT2D eigenvalue weighted by atomic mass is 10.1. The van der Waals surface area contributed by atoms with Gasteiger partial charge in [0.1, 0.15) is 0 Å². The van der Waals surface area contributed by atoms with Crippen LogP contribution in [-0.2, 0) is 14.3 Å². The van der Waals surface area contributed by atoms with Gasteiger partial charge in [0.05, 0.1) is 17.0 Å². The van der Waals surface area contributed by atoms with Crippen LogP contribution >= 0.6 is 11.8 Å². The number of carbonyl (C=O) groups excluding carboxylic acids is 3. The summed E-state index contributed by atoms with van der Waals surface area (Å²) < 4.78 is 5.00. The Bertz CT molecular complexity index is 1040. The second kappa shape index (κ2) is 9.05. The molecule has 0 heterocycles. The molecule has 0 aliphatic rings. The van der Waals surface area contributed by atoms with Gasteiger partial charge in [-0.15, -0.1) is 11.8 Å². The zero-order chi connectivity index (χ0) is 19.9. The van der Waals surface area contributed by atoms with Gasteiger partial charge in [-0.2, -0.15) is 0 Å². The van der Waals surface area contributed by atoms with Crippen molar-refractivity contribution in [2.75, 3.05) is 17.7 Å². The number of primary amides is 1. The molecule has 0 fully saturated rings. The summed E-state index contributed by atoms with van der Waals surface area (Å²) in [6.07, 6.45) is 0. The third-order valence-electron chi connectivity index (χ3n) is 3.91. The lowest BCUT2D eigenvalue weighted by Gasteiger charge is -2.09. The van der Waals surface area contributed by atoms with E-state index in [1.807, 2.05) is 42.5 Å². The first-order valence-corrected chi connectivity index (χ1v) is 9.47. The van der Waals surface area contributed by atoms with E-state index in [4.69, 9.17) is 10.5 Å². The van der Waals surface area contributed by atoms with E-state index in [0.29, 0.717) is 0 Å². The number of carbonyl (C=O) groups is 3. The van der Waals surface area contributed by atoms with Gasteiger partial charge in [0.15, 0.2) is 6.61 Å². The summed E-state index contributed by atoms with van der Waals surface area (Å²) >= 11 is 1.34. The first-order chi connectivity index (χ1) is 13.5. The van der Waals surface area contributed by atoms with Crippen molar-refractivity contribution in [2.45, 2.75) is 4.90 Å². The molecule has 0 saturated heterocycles. The Hall–Kier alpha value is -3.32. The van der Waals surface area contributed by atoms with E-state index in [1.165, 1.54) is 17.8 Å². The lowest BCUT2D eigenvalue weighted by molar-refractivity contribution is -0.144. The van der Waals surface area contributed by atoms with Crippen molar-refractivity contribution < 1.29 is 19.1 Å². The Morgan fingerprint density at radius 2 is 1.64 bits per heavy atom. The topological polar surface area (TPSA) is 98.5 Å². The molecule has 0 aromatic heterocycles. The molecular weight excluding hydrogens is 376 g/mol. The zero-order valence-electron chi connectivity index (χ0n) is 14.9. The van der Waals surface area contributed by atoms with Gasteiger partial charge in [-0.25, -0.2) is 0 Å². The maximum Gasteiger partial charge on any atom is 0.316 e. The minimum atomic E-state index is -0.653. The fourth-order valence-electron chi connectivity index (χ4n) is 2.58. The summed E-state index contributed by atoms with van der Waals surface area (Å²) in [5.74, 6) is -1.61. The van der Waals surface area contributed by atoms with Crippen LogP contribution in [0.2, 0.25) is 0 Å². The van der Waals surface area contributed by atoms with Gasteiger partial charge in [-0.1, -0.05) is 42.5 Å². The molecule has 28 heavy (non-hydrogen) atoms. The Labute approximate surface area is 166 Å². The highest BCUT2D eigenvalue weighted by atomic mass is 32.2. The van der Waals surface area contributed by atoms with Crippen LogP contribution in [0, 0.1) is 0 Å². The highest BCUT2D eigenvalue weighted by Crippen LogP contribution is 2.23. The predicted molar refractivity (Wildman–Crippen MR) is 109 cm³/mol. The number of para-hydroxylation sites is 1. The van der Waals surface area contributed by atoms with E-state index in [9.17, 15) is 14.4 Å². The van der Waals surface area contributed by atoms with E-state index in [2.05, 4.69) is 5.32 Å². The molecule has 0 aliphatic carbocycles. The fourth-order valence-corrected chi connectivity index (χ4v) is 3.32. The summed E-state index contributed by atoms with van der Waals surface area (Å²) in [6.45, 7) is -0.440. The number of fused-ring (bicyclic) bond motifs is 1. The molecule has 6 nitrogen and oxygen atoms in total. The number of nitrogens with two attached hydrogens (primary N) is 1. The molecule has 3 rings (SSSR count). The Morgan fingerprint density at radius 3 is 2.43 bits per heavy atom. The van der Waals surface area contributed by atoms with Crippen LogP contribution in [-0.4, -0.2) is 30.1 Å². The highest BCUT2D eigenvalue weighted by molar-refractivity contribution is 8.00. The van der Waals surface area contributed by atoms with Gasteiger partial charge in [0, 0.05) is 4.90 Å². The maximum atomic E-state index is 12.0. The maximum absolute atomic E-state index is 12.0. The van der Waals surface area contributed by atoms with E-state index < -0.39 is 24.4 Å². The highest BCUT2D eigenvalue weighted by Gasteiger charge is 2.12. The summed E-state index contributed by atoms with van der Waals surface area (Å²) in [4.78, 5) is 36.2. The van der Waals surface area contributed by atoms with E-state index in [0.717, 1.165) is 15.7 Å². The number of amides is 2. The van der Waals surface area contributed by atoms with Gasteiger partial charge >= 0.3 is 5.97 Å². The third kappa shape index (κ3) is 5.11. The molecule has 0 bridgehead atoms. The first kappa shape index (κ1) is 19.4. The van der Waals surface area contributed by atoms with Crippen molar-refractivity contribution >= 4 is 46.0 Å². The van der Waals surface area contributed by atoms with Gasteiger partial charge < -0.3 is 15.8 Å². The van der Waals surface area contributed by atoms with Crippen LogP contribution in [0.5, 0.6) is 0 Å². The second-order valence-corrected chi connectivity index (χ2v) is 6.97. The van der Waals surface area contributed by atoms with E-state index >= 15 is 0 Å². The van der Waals surface area contributed by atoms with Gasteiger partial charge in [0.2, 0.25) is 0 Å². The van der Waals surface area contributed by atoms with Crippen LogP contribution in [0.1, 0.15) is 10.4 Å². The molecule has 7 heteroatoms. The summed E-state index contributed by atoms with van der Waals surface area (Å²) in [5, 5.41) is 4.74. The van der Waals surface area contributed by atoms with Crippen LogP contribution in [0.4, 0.5) is 5.69 Å². The summed E-state index contributed by atoms with van der Waals surface area (Å²) in [7, 11) is 0. The summed E-state index contributed by atoms with van der Waals surface area (Å²) in [5.41, 5.74) is 5.73. The molecule has 0 saturated carbocycles. The van der Waals surface area contributed by atoms with Crippen molar-refractivity contribution in [1.29, 1.82) is 0 Å². The number of rotatable bonds is 7. The molecule has 0 atom stereocenters. The normalized spacial score (nSPS) is 10.4. The average Bonchev–Trinajstić information content (AvgIpc) is 2.70. The monoisotopic (exact) mass is 394 g/mol. The second-order valence-electron chi connectivity index (χ2n) is 5.92. The lowest BCUT2D eigenvalue weighted by Crippen LogP contribution is -2.23. The summed E-state index contributed by atoms with van der Waals surface area (Å²) in [6, 6.07) is 20.2. The predicted octanol–water partition coefficient (Wildman–Crippen LogP) is 3.21. The van der Waals surface area contributed by atoms with Crippen molar-refractivity contribution in [1.82, 2.24) is 0 Å². The van der Waals surface area contributed by atoms with Crippen LogP contribution in [0.3, 0.4) is 0 Å². The number of benzene rings is 3. The van der Waals surface area contributed by atoms with E-state index in [1.54, 1.807) is 18.2 Å². The number of hydrogen-bond donors (Lipinski definition) is 2. The van der Waals surface area contributed by atoms with Gasteiger partial charge in [-0.3, -0.25) is 14.4 Å². The number of anilines is 1. The SMILES string of the molecule is NC(=O)c1ccccc1NC(=O)COC(=O)CSc1ccc2ccccc2c1. The molecular formula is C21H18N2O4S. The van der Waals surface area contributed by atoms with Crippen molar-refractivity contribution in [3.63, 3.8) is 0 Å². The van der Waals surface area contributed by atoms with E-state index in [-0.39, 0.29) is 17.0 Å². The van der Waals surface area contributed by atoms with Gasteiger partial charge in [0.25, 0.3) is 11.8 Å². The largest absolute Gasteiger partial charge is 0.455 e. The number of nitrogens with one attached hydrogen (secondary N) is 1. The van der Waals surface area contributed by atoms with Crippen LogP contribution in [0.15, 0.2) is 71.6 Å². The number of thioether (sulfide) groups is 1. The Kier molecular flexibility index (Phi) is 6.29. The smallest absolute Gasteiger partial charge is 0.316 e. The molecule has 0 radical (unpaired) electrons. The van der Waals surface area contributed by atoms with Crippen molar-refractivity contribution in [3.8, 4) is 0 Å². The molecule has 3 aromatic rings. The third-order valence-corrected chi connectivity index (χ3v) is 4.88. The molecule has 3 N–H and O–H groups in total. The molecule has 2 amide bonds. The fraction of sp³-hybridized carbons (Fsp3) is 0.0952. The molecule has 3 aromatic carbocycles. The van der Waals surface area contributed by atoms with Crippen LogP contribution < -0.4 is 11.1 Å². The molecule has 142 valence electrons. The zero-order valence-corrected chi connectivity index (χ0v) is 15.7. The number of ether oxygens (including phenoxy) is 1. The minimum absolute atomic E-state index is 0.0868. The van der Waals surface area contributed by atoms with Crippen molar-refractivity contribution in [3.05, 3.63) is 72.3 Å². The Morgan fingerprint density at radius 1 is 0.929 bits per heavy atom. The quantitative estimate of drug-likeness (QED) is 0.474. The standard InChI is InChI=1S/C21H18N2O4S/c22-21(26)17-7-3-4-8-18(17)23-19(24)12-27-20(25)13-28-16-10-9-14-5-1-2-6-15(14)11-16/h1-11H,12-13H2,(H2,22,26)(H,23,24). The van der Waals surface area contributed by atoms with Crippen LogP contribution in [0.25, 0.3) is 10.8 Å². The first-order valence-electron chi connectivity index (χ1n) is 8.49. The molecule has 0 aliphatic heterocycles. The number of hydrogen-bond acceptors (Lipinski definition) is 5. The van der Waals surface area contributed by atoms with Crippen molar-refractivity contribution in [2.24, 2.45) is 5.73 Å². The average molecular weight is 394 g/mol. The van der Waals surface area contributed by atoms with Gasteiger partial charge in [-0.05, 0) is 35.0 Å². The molecule has 0 spiro atoms. The molecule has 0 unspecified atom stereocenters. The Balaban J connectivity index is 1.48. The minimum Gasteiger partial charge on any atom is -0.455 e. The number of esters is 1.